The molecule has 0 aromatic heterocycles. The van der Waals surface area contributed by atoms with E-state index >= 15 is 0 Å². The van der Waals surface area contributed by atoms with Crippen molar-refractivity contribution in [2.45, 2.75) is 64.3 Å². The third-order valence-corrected chi connectivity index (χ3v) is 5.08. The fourth-order valence-corrected chi connectivity index (χ4v) is 3.93. The molecule has 1 aromatic carbocycles. The molecule has 6 heteroatoms. The summed E-state index contributed by atoms with van der Waals surface area (Å²) in [7, 11) is 0. The Morgan fingerprint density at radius 2 is 1.93 bits per heavy atom. The van der Waals surface area contributed by atoms with Crippen molar-refractivity contribution in [2.75, 3.05) is 19.6 Å². The van der Waals surface area contributed by atoms with Gasteiger partial charge in [-0.1, -0.05) is 30.3 Å². The maximum atomic E-state index is 12.5. The highest BCUT2D eigenvalue weighted by Gasteiger charge is 2.40. The number of hydrogen-bond donors (Lipinski definition) is 1. The summed E-state index contributed by atoms with van der Waals surface area (Å²) in [6, 6.07) is 10.2. The van der Waals surface area contributed by atoms with E-state index in [0.717, 1.165) is 32.5 Å². The zero-order chi connectivity index (χ0) is 19.4. The maximum Gasteiger partial charge on any atom is 0.407 e. The Morgan fingerprint density at radius 1 is 1.19 bits per heavy atom. The van der Waals surface area contributed by atoms with Crippen molar-refractivity contribution in [3.63, 3.8) is 0 Å². The van der Waals surface area contributed by atoms with Crippen LogP contribution in [0.1, 0.15) is 45.6 Å². The second-order valence-corrected chi connectivity index (χ2v) is 8.54. The quantitative estimate of drug-likeness (QED) is 0.882. The van der Waals surface area contributed by atoms with Crippen LogP contribution in [0.2, 0.25) is 0 Å². The van der Waals surface area contributed by atoms with Crippen LogP contribution in [0.4, 0.5) is 4.79 Å². The topological polar surface area (TPSA) is 61.9 Å². The molecule has 3 rings (SSSR count). The summed E-state index contributed by atoms with van der Waals surface area (Å²) in [6.07, 6.45) is 2.18. The third-order valence-electron chi connectivity index (χ3n) is 5.08. The Labute approximate surface area is 161 Å². The molecular formula is C21H31N3O3. The van der Waals surface area contributed by atoms with Crippen LogP contribution in [-0.2, 0) is 16.1 Å². The molecule has 0 bridgehead atoms. The van der Waals surface area contributed by atoms with E-state index in [0.29, 0.717) is 13.0 Å². The van der Waals surface area contributed by atoms with E-state index in [1.807, 2.05) is 43.9 Å². The molecule has 2 saturated heterocycles. The Balaban J connectivity index is 1.70. The van der Waals surface area contributed by atoms with Crippen LogP contribution < -0.4 is 5.32 Å². The lowest BCUT2D eigenvalue weighted by atomic mass is 10.0. The fraction of sp³-hybridized carbons (Fsp3) is 0.619. The van der Waals surface area contributed by atoms with E-state index in [1.54, 1.807) is 0 Å². The van der Waals surface area contributed by atoms with Crippen LogP contribution in [0.3, 0.4) is 0 Å². The number of amides is 2. The summed E-state index contributed by atoms with van der Waals surface area (Å²) in [5.41, 5.74) is 0.696. The van der Waals surface area contributed by atoms with Gasteiger partial charge in [0, 0.05) is 32.6 Å². The molecular weight excluding hydrogens is 342 g/mol. The van der Waals surface area contributed by atoms with Gasteiger partial charge >= 0.3 is 6.09 Å². The molecule has 2 amide bonds. The molecule has 0 aliphatic carbocycles. The van der Waals surface area contributed by atoms with Gasteiger partial charge in [0.2, 0.25) is 5.91 Å². The van der Waals surface area contributed by atoms with Crippen molar-refractivity contribution < 1.29 is 14.3 Å². The van der Waals surface area contributed by atoms with Crippen LogP contribution in [0, 0.1) is 0 Å². The minimum absolute atomic E-state index is 0.00553. The van der Waals surface area contributed by atoms with Gasteiger partial charge in [0.1, 0.15) is 5.60 Å². The number of piperidine rings is 1. The summed E-state index contributed by atoms with van der Waals surface area (Å²) in [6.45, 7) is 8.63. The van der Waals surface area contributed by atoms with Gasteiger partial charge in [-0.25, -0.2) is 4.79 Å². The summed E-state index contributed by atoms with van der Waals surface area (Å²) in [5.74, 6) is 0.198. The summed E-state index contributed by atoms with van der Waals surface area (Å²) in [4.78, 5) is 29.1. The lowest BCUT2D eigenvalue weighted by molar-refractivity contribution is -0.136. The van der Waals surface area contributed by atoms with E-state index < -0.39 is 11.7 Å². The highest BCUT2D eigenvalue weighted by Crippen LogP contribution is 2.23. The molecule has 1 unspecified atom stereocenters. The number of benzene rings is 1. The lowest BCUT2D eigenvalue weighted by Gasteiger charge is -2.35. The lowest BCUT2D eigenvalue weighted by Crippen LogP contribution is -2.54. The minimum Gasteiger partial charge on any atom is -0.444 e. The molecule has 6 nitrogen and oxygen atoms in total. The van der Waals surface area contributed by atoms with Crippen LogP contribution in [-0.4, -0.2) is 59.1 Å². The van der Waals surface area contributed by atoms with Crippen molar-refractivity contribution in [2.24, 2.45) is 0 Å². The van der Waals surface area contributed by atoms with Gasteiger partial charge in [-0.3, -0.25) is 9.69 Å². The first-order valence-corrected chi connectivity index (χ1v) is 9.87. The molecule has 1 N–H and O–H groups in total. The number of rotatable bonds is 4. The fourth-order valence-electron chi connectivity index (χ4n) is 3.93. The molecule has 2 aliphatic heterocycles. The first-order chi connectivity index (χ1) is 12.8. The van der Waals surface area contributed by atoms with E-state index in [2.05, 4.69) is 22.3 Å². The molecule has 2 fully saturated rings. The zero-order valence-corrected chi connectivity index (χ0v) is 16.6. The van der Waals surface area contributed by atoms with Crippen molar-refractivity contribution in [1.82, 2.24) is 15.1 Å². The number of nitrogens with zero attached hydrogens (tertiary/aromatic N) is 2. The zero-order valence-electron chi connectivity index (χ0n) is 16.6. The molecule has 2 atom stereocenters. The number of ether oxygens (including phenoxy) is 1. The van der Waals surface area contributed by atoms with Crippen LogP contribution in [0.5, 0.6) is 0 Å². The second kappa shape index (κ2) is 8.30. The van der Waals surface area contributed by atoms with Gasteiger partial charge < -0.3 is 15.0 Å². The summed E-state index contributed by atoms with van der Waals surface area (Å²) < 4.78 is 5.44. The van der Waals surface area contributed by atoms with E-state index in [-0.39, 0.29) is 18.0 Å². The van der Waals surface area contributed by atoms with Gasteiger partial charge in [-0.05, 0) is 39.2 Å². The number of alkyl carbamates (subject to hydrolysis) is 1. The molecule has 0 saturated carbocycles. The Kier molecular flexibility index (Phi) is 6.05. The van der Waals surface area contributed by atoms with E-state index in [9.17, 15) is 9.59 Å². The second-order valence-electron chi connectivity index (χ2n) is 8.54. The average Bonchev–Trinajstić information content (AvgIpc) is 2.96. The number of likely N-dealkylation sites (tertiary alicyclic amines) is 2. The van der Waals surface area contributed by atoms with Gasteiger partial charge in [-0.15, -0.1) is 0 Å². The minimum atomic E-state index is -0.539. The molecule has 2 heterocycles. The number of carbonyl (C=O) groups is 2. The summed E-state index contributed by atoms with van der Waals surface area (Å²) in [5, 5.41) is 3.02. The van der Waals surface area contributed by atoms with Crippen molar-refractivity contribution in [3.8, 4) is 0 Å². The monoisotopic (exact) mass is 373 g/mol. The predicted molar refractivity (Wildman–Crippen MR) is 104 cm³/mol. The standard InChI is InChI=1S/C21H31N3O3/c1-21(2,3)27-20(26)22-17-14-23(13-16-9-5-4-6-10-16)15-18(17)24-12-8-7-11-19(24)25/h4-6,9-10,17-18H,7-8,11-15H2,1-3H3,(H,22,26)/t17-,18?/m0/s1. The molecule has 148 valence electrons. The first-order valence-electron chi connectivity index (χ1n) is 9.87. The molecule has 2 aliphatic rings. The van der Waals surface area contributed by atoms with Crippen molar-refractivity contribution >= 4 is 12.0 Å². The number of hydrogen-bond acceptors (Lipinski definition) is 4. The largest absolute Gasteiger partial charge is 0.444 e. The Morgan fingerprint density at radius 3 is 2.59 bits per heavy atom. The van der Waals surface area contributed by atoms with Gasteiger partial charge in [0.25, 0.3) is 0 Å². The molecule has 0 radical (unpaired) electrons. The van der Waals surface area contributed by atoms with Crippen LogP contribution >= 0.6 is 0 Å². The highest BCUT2D eigenvalue weighted by atomic mass is 16.6. The highest BCUT2D eigenvalue weighted by molar-refractivity contribution is 5.77. The van der Waals surface area contributed by atoms with E-state index in [4.69, 9.17) is 4.74 Å². The van der Waals surface area contributed by atoms with Crippen molar-refractivity contribution in [3.05, 3.63) is 35.9 Å². The Bertz CT molecular complexity index is 656. The third kappa shape index (κ3) is 5.45. The predicted octanol–water partition coefficient (Wildman–Crippen LogP) is 2.78. The van der Waals surface area contributed by atoms with Gasteiger partial charge in [-0.2, -0.15) is 0 Å². The number of carbonyl (C=O) groups excluding carboxylic acids is 2. The normalized spacial score (nSPS) is 24.1. The van der Waals surface area contributed by atoms with Gasteiger partial charge in [0.15, 0.2) is 0 Å². The van der Waals surface area contributed by atoms with Crippen LogP contribution in [0.15, 0.2) is 30.3 Å². The maximum absolute atomic E-state index is 12.5. The molecule has 1 aromatic rings. The Hall–Kier alpha value is -2.08. The van der Waals surface area contributed by atoms with Gasteiger partial charge in [0.05, 0.1) is 12.1 Å². The number of nitrogens with one attached hydrogen (secondary N) is 1. The van der Waals surface area contributed by atoms with E-state index in [1.165, 1.54) is 5.56 Å². The average molecular weight is 373 g/mol. The first kappa shape index (κ1) is 19.7. The van der Waals surface area contributed by atoms with Crippen molar-refractivity contribution in [1.29, 1.82) is 0 Å². The summed E-state index contributed by atoms with van der Waals surface area (Å²) >= 11 is 0. The molecule has 27 heavy (non-hydrogen) atoms. The SMILES string of the molecule is CC(C)(C)OC(=O)N[C@H]1CN(Cc2ccccc2)CC1N1CCCCC1=O. The van der Waals surface area contributed by atoms with Crippen LogP contribution in [0.25, 0.3) is 0 Å². The molecule has 0 spiro atoms. The smallest absolute Gasteiger partial charge is 0.407 e.